The SMILES string of the molecule is Cc1cccc(CC(=O)NCCCN2CCN(C)CC2)c1. The van der Waals surface area contributed by atoms with Gasteiger partial charge in [-0.15, -0.1) is 0 Å². The quantitative estimate of drug-likeness (QED) is 0.802. The normalized spacial score (nSPS) is 16.9. The number of amides is 1. The van der Waals surface area contributed by atoms with Crippen LogP contribution in [0.3, 0.4) is 0 Å². The predicted molar refractivity (Wildman–Crippen MR) is 86.4 cm³/mol. The van der Waals surface area contributed by atoms with Crippen LogP contribution in [0.1, 0.15) is 17.5 Å². The molecule has 1 aromatic rings. The summed E-state index contributed by atoms with van der Waals surface area (Å²) in [5, 5.41) is 3.02. The molecule has 0 unspecified atom stereocenters. The van der Waals surface area contributed by atoms with Crippen LogP contribution in [0.15, 0.2) is 24.3 Å². The van der Waals surface area contributed by atoms with Crippen molar-refractivity contribution in [2.75, 3.05) is 46.3 Å². The Morgan fingerprint density at radius 2 is 2.00 bits per heavy atom. The fourth-order valence-corrected chi connectivity index (χ4v) is 2.67. The molecule has 0 radical (unpaired) electrons. The third-order valence-corrected chi connectivity index (χ3v) is 4.02. The van der Waals surface area contributed by atoms with Crippen LogP contribution in [0, 0.1) is 6.92 Å². The lowest BCUT2D eigenvalue weighted by molar-refractivity contribution is -0.120. The van der Waals surface area contributed by atoms with Crippen LogP contribution >= 0.6 is 0 Å². The molecule has 21 heavy (non-hydrogen) atoms. The molecule has 0 saturated carbocycles. The number of likely N-dealkylation sites (N-methyl/N-ethyl adjacent to an activating group) is 1. The lowest BCUT2D eigenvalue weighted by atomic mass is 10.1. The Bertz CT molecular complexity index is 453. The third-order valence-electron chi connectivity index (χ3n) is 4.02. The van der Waals surface area contributed by atoms with E-state index in [1.54, 1.807) is 0 Å². The van der Waals surface area contributed by atoms with E-state index in [2.05, 4.69) is 41.2 Å². The number of benzene rings is 1. The van der Waals surface area contributed by atoms with Gasteiger partial charge in [-0.05, 0) is 32.5 Å². The Morgan fingerprint density at radius 1 is 1.24 bits per heavy atom. The van der Waals surface area contributed by atoms with Crippen LogP contribution < -0.4 is 5.32 Å². The fraction of sp³-hybridized carbons (Fsp3) is 0.588. The first-order valence-electron chi connectivity index (χ1n) is 7.86. The highest BCUT2D eigenvalue weighted by atomic mass is 16.1. The van der Waals surface area contributed by atoms with E-state index in [9.17, 15) is 4.79 Å². The Kier molecular flexibility index (Phi) is 6.21. The number of aryl methyl sites for hydroxylation is 1. The standard InChI is InChI=1S/C17H27N3O/c1-15-5-3-6-16(13-15)14-17(21)18-7-4-8-20-11-9-19(2)10-12-20/h3,5-6,13H,4,7-12,14H2,1-2H3,(H,18,21). The number of nitrogens with one attached hydrogen (secondary N) is 1. The molecule has 4 heteroatoms. The van der Waals surface area contributed by atoms with Crippen molar-refractivity contribution in [2.24, 2.45) is 0 Å². The molecule has 2 rings (SSSR count). The number of nitrogens with zero attached hydrogens (tertiary/aromatic N) is 2. The van der Waals surface area contributed by atoms with E-state index in [0.29, 0.717) is 6.42 Å². The van der Waals surface area contributed by atoms with Crippen LogP contribution in [0.25, 0.3) is 0 Å². The predicted octanol–water partition coefficient (Wildman–Crippen LogP) is 1.29. The number of carbonyl (C=O) groups is 1. The first kappa shape index (κ1) is 16.0. The summed E-state index contributed by atoms with van der Waals surface area (Å²) in [4.78, 5) is 16.7. The van der Waals surface area contributed by atoms with E-state index >= 15 is 0 Å². The molecular weight excluding hydrogens is 262 g/mol. The average molecular weight is 289 g/mol. The molecule has 1 saturated heterocycles. The first-order chi connectivity index (χ1) is 10.1. The zero-order valence-electron chi connectivity index (χ0n) is 13.3. The summed E-state index contributed by atoms with van der Waals surface area (Å²) in [6, 6.07) is 8.14. The summed E-state index contributed by atoms with van der Waals surface area (Å²) in [7, 11) is 2.17. The molecule has 1 amide bonds. The van der Waals surface area contributed by atoms with Gasteiger partial charge in [0, 0.05) is 32.7 Å². The molecule has 4 nitrogen and oxygen atoms in total. The molecule has 1 fully saturated rings. The maximum absolute atomic E-state index is 11.9. The van der Waals surface area contributed by atoms with Gasteiger partial charge in [0.25, 0.3) is 0 Å². The molecular formula is C17H27N3O. The second-order valence-electron chi connectivity index (χ2n) is 6.01. The van der Waals surface area contributed by atoms with Crippen molar-refractivity contribution in [3.05, 3.63) is 35.4 Å². The van der Waals surface area contributed by atoms with Crippen LogP contribution in [0.2, 0.25) is 0 Å². The van der Waals surface area contributed by atoms with Crippen molar-refractivity contribution in [3.63, 3.8) is 0 Å². The van der Waals surface area contributed by atoms with Crippen molar-refractivity contribution in [1.82, 2.24) is 15.1 Å². The highest BCUT2D eigenvalue weighted by Crippen LogP contribution is 2.04. The molecule has 1 aliphatic rings. The highest BCUT2D eigenvalue weighted by molar-refractivity contribution is 5.78. The zero-order chi connectivity index (χ0) is 15.1. The van der Waals surface area contributed by atoms with Gasteiger partial charge in [0.1, 0.15) is 0 Å². The molecule has 1 heterocycles. The van der Waals surface area contributed by atoms with Crippen molar-refractivity contribution >= 4 is 5.91 Å². The number of piperazine rings is 1. The van der Waals surface area contributed by atoms with Crippen molar-refractivity contribution in [3.8, 4) is 0 Å². The maximum Gasteiger partial charge on any atom is 0.224 e. The second kappa shape index (κ2) is 8.15. The summed E-state index contributed by atoms with van der Waals surface area (Å²) < 4.78 is 0. The molecule has 0 aliphatic carbocycles. The van der Waals surface area contributed by atoms with Gasteiger partial charge >= 0.3 is 0 Å². The van der Waals surface area contributed by atoms with Gasteiger partial charge in [-0.25, -0.2) is 0 Å². The molecule has 1 aliphatic heterocycles. The molecule has 0 bridgehead atoms. The lowest BCUT2D eigenvalue weighted by Gasteiger charge is -2.32. The summed E-state index contributed by atoms with van der Waals surface area (Å²) in [6.07, 6.45) is 1.51. The lowest BCUT2D eigenvalue weighted by Crippen LogP contribution is -2.45. The molecule has 1 N–H and O–H groups in total. The summed E-state index contributed by atoms with van der Waals surface area (Å²) in [6.45, 7) is 8.51. The minimum atomic E-state index is 0.124. The Balaban J connectivity index is 1.59. The van der Waals surface area contributed by atoms with E-state index in [4.69, 9.17) is 0 Å². The second-order valence-corrected chi connectivity index (χ2v) is 6.01. The van der Waals surface area contributed by atoms with Crippen LogP contribution in [0.4, 0.5) is 0 Å². The molecule has 0 spiro atoms. The van der Waals surface area contributed by atoms with E-state index in [-0.39, 0.29) is 5.91 Å². The topological polar surface area (TPSA) is 35.6 Å². The average Bonchev–Trinajstić information content (AvgIpc) is 2.45. The van der Waals surface area contributed by atoms with Crippen LogP contribution in [0.5, 0.6) is 0 Å². The van der Waals surface area contributed by atoms with Crippen molar-refractivity contribution in [2.45, 2.75) is 19.8 Å². The van der Waals surface area contributed by atoms with E-state index in [0.717, 1.165) is 51.3 Å². The van der Waals surface area contributed by atoms with Crippen LogP contribution in [-0.2, 0) is 11.2 Å². The molecule has 0 aromatic heterocycles. The van der Waals surface area contributed by atoms with Crippen molar-refractivity contribution in [1.29, 1.82) is 0 Å². The zero-order valence-corrected chi connectivity index (χ0v) is 13.3. The molecule has 0 atom stereocenters. The summed E-state index contributed by atoms with van der Waals surface area (Å²) in [5.74, 6) is 0.124. The third kappa shape index (κ3) is 5.86. The van der Waals surface area contributed by atoms with E-state index in [1.807, 2.05) is 12.1 Å². The largest absolute Gasteiger partial charge is 0.356 e. The smallest absolute Gasteiger partial charge is 0.224 e. The number of rotatable bonds is 6. The minimum Gasteiger partial charge on any atom is -0.356 e. The minimum absolute atomic E-state index is 0.124. The number of carbonyl (C=O) groups excluding carboxylic acids is 1. The Hall–Kier alpha value is -1.39. The Labute approximate surface area is 128 Å². The fourth-order valence-electron chi connectivity index (χ4n) is 2.67. The van der Waals surface area contributed by atoms with Gasteiger partial charge < -0.3 is 15.1 Å². The Morgan fingerprint density at radius 3 is 2.71 bits per heavy atom. The van der Waals surface area contributed by atoms with E-state index < -0.39 is 0 Å². The summed E-state index contributed by atoms with van der Waals surface area (Å²) >= 11 is 0. The van der Waals surface area contributed by atoms with Gasteiger partial charge in [0.2, 0.25) is 5.91 Å². The number of hydrogen-bond acceptors (Lipinski definition) is 3. The van der Waals surface area contributed by atoms with Crippen molar-refractivity contribution < 1.29 is 4.79 Å². The molecule has 1 aromatic carbocycles. The van der Waals surface area contributed by atoms with Gasteiger partial charge in [-0.1, -0.05) is 29.8 Å². The van der Waals surface area contributed by atoms with Gasteiger partial charge in [-0.3, -0.25) is 4.79 Å². The van der Waals surface area contributed by atoms with Gasteiger partial charge in [0.05, 0.1) is 6.42 Å². The highest BCUT2D eigenvalue weighted by Gasteiger charge is 2.12. The first-order valence-corrected chi connectivity index (χ1v) is 7.86. The van der Waals surface area contributed by atoms with E-state index in [1.165, 1.54) is 5.56 Å². The van der Waals surface area contributed by atoms with Crippen LogP contribution in [-0.4, -0.2) is 62.0 Å². The maximum atomic E-state index is 11.9. The molecule has 116 valence electrons. The number of hydrogen-bond donors (Lipinski definition) is 1. The monoisotopic (exact) mass is 289 g/mol. The summed E-state index contributed by atoms with van der Waals surface area (Å²) in [5.41, 5.74) is 2.29. The van der Waals surface area contributed by atoms with Gasteiger partial charge in [0.15, 0.2) is 0 Å². The van der Waals surface area contributed by atoms with Gasteiger partial charge in [-0.2, -0.15) is 0 Å².